The normalized spacial score (nSPS) is 10.7. The van der Waals surface area contributed by atoms with Crippen LogP contribution < -0.4 is 16.4 Å². The minimum atomic E-state index is -0.492. The molecule has 2 rings (SSSR count). The molecule has 0 fully saturated rings. The summed E-state index contributed by atoms with van der Waals surface area (Å²) in [5.74, 6) is -0.850. The third-order valence-corrected chi connectivity index (χ3v) is 3.78. The summed E-state index contributed by atoms with van der Waals surface area (Å²) in [6.07, 6.45) is 0. The van der Waals surface area contributed by atoms with Crippen LogP contribution in [0.2, 0.25) is 5.02 Å². The fourth-order valence-electron chi connectivity index (χ4n) is 1.58. The maximum Gasteiger partial charge on any atom is 0.269 e. The van der Waals surface area contributed by atoms with Crippen LogP contribution in [0, 0.1) is 5.82 Å². The average Bonchev–Trinajstić information content (AvgIpc) is 2.74. The summed E-state index contributed by atoms with van der Waals surface area (Å²) < 4.78 is 13.2. The van der Waals surface area contributed by atoms with E-state index in [4.69, 9.17) is 17.3 Å². The zero-order valence-corrected chi connectivity index (χ0v) is 13.0. The number of nitrogens with zero attached hydrogens (tertiary/aromatic N) is 1. The predicted molar refractivity (Wildman–Crippen MR) is 84.6 cm³/mol. The molecule has 0 saturated heterocycles. The first-order chi connectivity index (χ1) is 9.86. The highest BCUT2D eigenvalue weighted by atomic mass is 35.5. The van der Waals surface area contributed by atoms with Crippen LogP contribution in [0.25, 0.3) is 0 Å². The SMILES string of the molecule is CC(C)Nc1nc(N)c(C(=O)Nc2cc(F)ccc2Cl)s1. The number of anilines is 3. The van der Waals surface area contributed by atoms with E-state index in [0.29, 0.717) is 5.13 Å². The summed E-state index contributed by atoms with van der Waals surface area (Å²) in [4.78, 5) is 16.5. The minimum absolute atomic E-state index is 0.119. The molecular formula is C13H14ClFN4OS. The summed E-state index contributed by atoms with van der Waals surface area (Å²) in [6, 6.07) is 3.90. The number of aromatic nitrogens is 1. The van der Waals surface area contributed by atoms with Gasteiger partial charge in [-0.15, -0.1) is 0 Å². The zero-order valence-electron chi connectivity index (χ0n) is 11.4. The second-order valence-corrected chi connectivity index (χ2v) is 6.02. The highest BCUT2D eigenvalue weighted by Gasteiger charge is 2.18. The molecule has 0 radical (unpaired) electrons. The molecule has 4 N–H and O–H groups in total. The molecule has 1 heterocycles. The molecule has 0 atom stereocenters. The number of hydrogen-bond acceptors (Lipinski definition) is 5. The molecule has 0 aliphatic rings. The molecule has 1 aromatic heterocycles. The molecule has 0 spiro atoms. The van der Waals surface area contributed by atoms with Crippen LogP contribution in [-0.2, 0) is 0 Å². The van der Waals surface area contributed by atoms with Gasteiger partial charge in [-0.3, -0.25) is 4.79 Å². The fraction of sp³-hybridized carbons (Fsp3) is 0.231. The van der Waals surface area contributed by atoms with Crippen molar-refractivity contribution in [3.8, 4) is 0 Å². The molecular weight excluding hydrogens is 315 g/mol. The van der Waals surface area contributed by atoms with Crippen LogP contribution in [0.1, 0.15) is 23.5 Å². The summed E-state index contributed by atoms with van der Waals surface area (Å²) in [7, 11) is 0. The Morgan fingerprint density at radius 1 is 1.48 bits per heavy atom. The first-order valence-corrected chi connectivity index (χ1v) is 7.35. The van der Waals surface area contributed by atoms with Gasteiger partial charge < -0.3 is 16.4 Å². The van der Waals surface area contributed by atoms with Gasteiger partial charge in [0.15, 0.2) is 5.13 Å². The third kappa shape index (κ3) is 3.83. The van der Waals surface area contributed by atoms with Crippen LogP contribution >= 0.6 is 22.9 Å². The van der Waals surface area contributed by atoms with Gasteiger partial charge in [-0.1, -0.05) is 22.9 Å². The summed E-state index contributed by atoms with van der Waals surface area (Å²) in [5, 5.41) is 6.39. The molecule has 21 heavy (non-hydrogen) atoms. The molecule has 1 amide bonds. The van der Waals surface area contributed by atoms with Crippen molar-refractivity contribution >= 4 is 45.5 Å². The first-order valence-electron chi connectivity index (χ1n) is 6.16. The second-order valence-electron chi connectivity index (χ2n) is 4.61. The Labute approximate surface area is 130 Å². The Kier molecular flexibility index (Phi) is 4.64. The molecule has 112 valence electrons. The van der Waals surface area contributed by atoms with Crippen molar-refractivity contribution in [2.24, 2.45) is 0 Å². The van der Waals surface area contributed by atoms with Gasteiger partial charge in [-0.05, 0) is 32.0 Å². The van der Waals surface area contributed by atoms with Gasteiger partial charge in [0.2, 0.25) is 0 Å². The van der Waals surface area contributed by atoms with E-state index in [1.807, 2.05) is 13.8 Å². The van der Waals surface area contributed by atoms with E-state index in [1.165, 1.54) is 12.1 Å². The van der Waals surface area contributed by atoms with E-state index in [-0.39, 0.29) is 27.4 Å². The maximum absolute atomic E-state index is 13.2. The number of amides is 1. The van der Waals surface area contributed by atoms with Crippen LogP contribution in [0.15, 0.2) is 18.2 Å². The van der Waals surface area contributed by atoms with Crippen molar-refractivity contribution in [1.82, 2.24) is 4.98 Å². The zero-order chi connectivity index (χ0) is 15.6. The van der Waals surface area contributed by atoms with E-state index < -0.39 is 11.7 Å². The Hall–Kier alpha value is -1.86. The smallest absolute Gasteiger partial charge is 0.269 e. The number of thiazole rings is 1. The Bertz CT molecular complexity index is 674. The lowest BCUT2D eigenvalue weighted by molar-refractivity contribution is 0.103. The Morgan fingerprint density at radius 2 is 2.19 bits per heavy atom. The number of benzene rings is 1. The van der Waals surface area contributed by atoms with E-state index >= 15 is 0 Å². The van der Waals surface area contributed by atoms with Crippen LogP contribution in [0.5, 0.6) is 0 Å². The monoisotopic (exact) mass is 328 g/mol. The Morgan fingerprint density at radius 3 is 2.86 bits per heavy atom. The summed E-state index contributed by atoms with van der Waals surface area (Å²) in [5.41, 5.74) is 5.92. The molecule has 0 saturated carbocycles. The molecule has 0 aliphatic carbocycles. The van der Waals surface area contributed by atoms with E-state index in [0.717, 1.165) is 17.4 Å². The third-order valence-electron chi connectivity index (χ3n) is 2.45. The molecule has 1 aromatic carbocycles. The molecule has 5 nitrogen and oxygen atoms in total. The van der Waals surface area contributed by atoms with Crippen molar-refractivity contribution in [2.45, 2.75) is 19.9 Å². The average molecular weight is 329 g/mol. The molecule has 0 bridgehead atoms. The summed E-state index contributed by atoms with van der Waals surface area (Å²) in [6.45, 7) is 3.90. The minimum Gasteiger partial charge on any atom is -0.382 e. The lowest BCUT2D eigenvalue weighted by Crippen LogP contribution is -2.12. The highest BCUT2D eigenvalue weighted by molar-refractivity contribution is 7.18. The Balaban J connectivity index is 2.20. The number of carbonyl (C=O) groups excluding carboxylic acids is 1. The van der Waals surface area contributed by atoms with Gasteiger partial charge in [0.05, 0.1) is 10.7 Å². The van der Waals surface area contributed by atoms with Gasteiger partial charge in [0, 0.05) is 6.04 Å². The van der Waals surface area contributed by atoms with E-state index in [1.54, 1.807) is 0 Å². The lowest BCUT2D eigenvalue weighted by Gasteiger charge is -2.06. The van der Waals surface area contributed by atoms with Gasteiger partial charge in [0.1, 0.15) is 16.5 Å². The van der Waals surface area contributed by atoms with Crippen molar-refractivity contribution < 1.29 is 9.18 Å². The van der Waals surface area contributed by atoms with E-state index in [2.05, 4.69) is 15.6 Å². The van der Waals surface area contributed by atoms with Gasteiger partial charge in [-0.2, -0.15) is 0 Å². The van der Waals surface area contributed by atoms with Gasteiger partial charge >= 0.3 is 0 Å². The van der Waals surface area contributed by atoms with Crippen LogP contribution in [-0.4, -0.2) is 16.9 Å². The maximum atomic E-state index is 13.2. The number of hydrogen-bond donors (Lipinski definition) is 3. The van der Waals surface area contributed by atoms with Crippen molar-refractivity contribution in [2.75, 3.05) is 16.4 Å². The van der Waals surface area contributed by atoms with Crippen LogP contribution in [0.4, 0.5) is 21.0 Å². The first kappa shape index (κ1) is 15.5. The topological polar surface area (TPSA) is 80.0 Å². The number of nitrogens with two attached hydrogens (primary N) is 1. The standard InChI is InChI=1S/C13H14ClFN4OS/c1-6(2)17-13-19-11(16)10(21-13)12(20)18-9-5-7(15)3-4-8(9)14/h3-6H,16H2,1-2H3,(H,17,19)(H,18,20). The lowest BCUT2D eigenvalue weighted by atomic mass is 10.3. The molecule has 0 aliphatic heterocycles. The predicted octanol–water partition coefficient (Wildman–Crippen LogP) is 3.59. The molecule has 8 heteroatoms. The number of nitrogens with one attached hydrogen (secondary N) is 2. The van der Waals surface area contributed by atoms with Crippen molar-refractivity contribution in [3.05, 3.63) is 33.9 Å². The fourth-order valence-corrected chi connectivity index (χ4v) is 2.67. The van der Waals surface area contributed by atoms with Crippen molar-refractivity contribution in [1.29, 1.82) is 0 Å². The molecule has 2 aromatic rings. The van der Waals surface area contributed by atoms with Gasteiger partial charge in [-0.25, -0.2) is 9.37 Å². The largest absolute Gasteiger partial charge is 0.382 e. The molecule has 0 unspecified atom stereocenters. The number of rotatable bonds is 4. The van der Waals surface area contributed by atoms with Crippen molar-refractivity contribution in [3.63, 3.8) is 0 Å². The number of nitrogen functional groups attached to an aromatic ring is 1. The van der Waals surface area contributed by atoms with Gasteiger partial charge in [0.25, 0.3) is 5.91 Å². The number of halogens is 2. The highest BCUT2D eigenvalue weighted by Crippen LogP contribution is 2.28. The number of carbonyl (C=O) groups is 1. The summed E-state index contributed by atoms with van der Waals surface area (Å²) >= 11 is 7.03. The quantitative estimate of drug-likeness (QED) is 0.801. The van der Waals surface area contributed by atoms with Crippen LogP contribution in [0.3, 0.4) is 0 Å². The van der Waals surface area contributed by atoms with E-state index in [9.17, 15) is 9.18 Å². The second kappa shape index (κ2) is 6.28.